The quantitative estimate of drug-likeness (QED) is 0.482. The Labute approximate surface area is 89.1 Å². The fourth-order valence-corrected chi connectivity index (χ4v) is 1.82. The summed E-state index contributed by atoms with van der Waals surface area (Å²) < 4.78 is 0. The first-order valence-corrected chi connectivity index (χ1v) is 6.20. The molecular weight excluding hydrogens is 168 g/mol. The van der Waals surface area contributed by atoms with Crippen molar-refractivity contribution in [2.45, 2.75) is 64.2 Å². The van der Waals surface area contributed by atoms with Crippen molar-refractivity contribution in [1.82, 2.24) is 0 Å². The first kappa shape index (κ1) is 11.6. The third-order valence-corrected chi connectivity index (χ3v) is 2.73. The van der Waals surface area contributed by atoms with Crippen LogP contribution < -0.4 is 0 Å². The van der Waals surface area contributed by atoms with E-state index in [1.165, 1.54) is 64.2 Å². The highest BCUT2D eigenvalue weighted by Gasteiger charge is 1.90. The lowest BCUT2D eigenvalue weighted by molar-refractivity contribution is 0.597. The van der Waals surface area contributed by atoms with E-state index in [0.29, 0.717) is 0 Å². The zero-order valence-corrected chi connectivity index (χ0v) is 9.30. The molecule has 0 amide bonds. The van der Waals surface area contributed by atoms with Crippen LogP contribution in [0, 0.1) is 6.08 Å². The molecular formula is C14H23. The molecule has 0 fully saturated rings. The SMILES string of the molecule is [C]1=C/CC/C=C/CCCCCCCC/1. The predicted octanol–water partition coefficient (Wildman–Crippen LogP) is 4.82. The number of allylic oxidation sites excluding steroid dienone is 4. The lowest BCUT2D eigenvalue weighted by atomic mass is 10.1. The van der Waals surface area contributed by atoms with E-state index in [-0.39, 0.29) is 0 Å². The van der Waals surface area contributed by atoms with Crippen LogP contribution in [0.15, 0.2) is 18.2 Å². The van der Waals surface area contributed by atoms with Crippen molar-refractivity contribution in [3.8, 4) is 0 Å². The van der Waals surface area contributed by atoms with Crippen LogP contribution in [0.25, 0.3) is 0 Å². The summed E-state index contributed by atoms with van der Waals surface area (Å²) in [6, 6.07) is 0. The van der Waals surface area contributed by atoms with Crippen LogP contribution in [0.3, 0.4) is 0 Å². The van der Waals surface area contributed by atoms with Crippen LogP contribution >= 0.6 is 0 Å². The zero-order chi connectivity index (χ0) is 9.90. The van der Waals surface area contributed by atoms with E-state index in [1.54, 1.807) is 0 Å². The fourth-order valence-electron chi connectivity index (χ4n) is 1.82. The molecule has 79 valence electrons. The van der Waals surface area contributed by atoms with Crippen molar-refractivity contribution >= 4 is 0 Å². The lowest BCUT2D eigenvalue weighted by Gasteiger charge is -2.00. The highest BCUT2D eigenvalue weighted by atomic mass is 14.0. The van der Waals surface area contributed by atoms with Crippen molar-refractivity contribution in [2.75, 3.05) is 0 Å². The second-order valence-electron chi connectivity index (χ2n) is 4.12. The molecule has 1 radical (unpaired) electrons. The summed E-state index contributed by atoms with van der Waals surface area (Å²) >= 11 is 0. The first-order valence-electron chi connectivity index (χ1n) is 6.20. The van der Waals surface area contributed by atoms with Gasteiger partial charge in [-0.05, 0) is 44.6 Å². The first-order chi connectivity index (χ1) is 7.00. The molecule has 0 N–H and O–H groups in total. The monoisotopic (exact) mass is 191 g/mol. The smallest absolute Gasteiger partial charge is 0.0279 e. The average Bonchev–Trinajstić information content (AvgIpc) is 2.22. The maximum absolute atomic E-state index is 3.38. The second-order valence-corrected chi connectivity index (χ2v) is 4.12. The molecule has 0 spiro atoms. The van der Waals surface area contributed by atoms with E-state index >= 15 is 0 Å². The van der Waals surface area contributed by atoms with Gasteiger partial charge in [0.15, 0.2) is 0 Å². The summed E-state index contributed by atoms with van der Waals surface area (Å²) in [6.07, 6.45) is 23.5. The fraction of sp³-hybridized carbons (Fsp3) is 0.714. The van der Waals surface area contributed by atoms with E-state index in [2.05, 4.69) is 24.3 Å². The lowest BCUT2D eigenvalue weighted by Crippen LogP contribution is -1.80. The van der Waals surface area contributed by atoms with Crippen LogP contribution in [0.5, 0.6) is 0 Å². The Balaban J connectivity index is 2.17. The summed E-state index contributed by atoms with van der Waals surface area (Å²) in [5.74, 6) is 0. The Morgan fingerprint density at radius 1 is 0.643 bits per heavy atom. The van der Waals surface area contributed by atoms with Gasteiger partial charge in [-0.2, -0.15) is 0 Å². The van der Waals surface area contributed by atoms with Crippen molar-refractivity contribution < 1.29 is 0 Å². The van der Waals surface area contributed by atoms with E-state index in [0.717, 1.165) is 0 Å². The maximum atomic E-state index is 3.38. The highest BCUT2D eigenvalue weighted by Crippen LogP contribution is 2.10. The largest absolute Gasteiger partial charge is 0.0885 e. The van der Waals surface area contributed by atoms with Gasteiger partial charge in [0.2, 0.25) is 0 Å². The van der Waals surface area contributed by atoms with E-state index in [9.17, 15) is 0 Å². The van der Waals surface area contributed by atoms with Crippen molar-refractivity contribution in [1.29, 1.82) is 0 Å². The topological polar surface area (TPSA) is 0 Å². The number of hydrogen-bond donors (Lipinski definition) is 0. The van der Waals surface area contributed by atoms with Gasteiger partial charge in [0, 0.05) is 0 Å². The molecule has 1 rings (SSSR count). The van der Waals surface area contributed by atoms with Gasteiger partial charge < -0.3 is 0 Å². The van der Waals surface area contributed by atoms with Gasteiger partial charge in [-0.1, -0.05) is 43.9 Å². The standard InChI is InChI=1S/C14H23/c1-2-4-6-8-10-12-14-13-11-9-7-5-3-1/h1-2,7H,3-6,8,10-14H2/b2-1+,9-7?. The summed E-state index contributed by atoms with van der Waals surface area (Å²) in [5.41, 5.74) is 0. The molecule has 0 bridgehead atoms. The van der Waals surface area contributed by atoms with Gasteiger partial charge in [0.1, 0.15) is 0 Å². The Kier molecular flexibility index (Phi) is 7.47. The van der Waals surface area contributed by atoms with Crippen LogP contribution in [-0.4, -0.2) is 0 Å². The molecule has 0 nitrogen and oxygen atoms in total. The molecule has 1 aliphatic carbocycles. The van der Waals surface area contributed by atoms with E-state index in [4.69, 9.17) is 0 Å². The van der Waals surface area contributed by atoms with Crippen LogP contribution in [0.4, 0.5) is 0 Å². The molecule has 14 heavy (non-hydrogen) atoms. The summed E-state index contributed by atoms with van der Waals surface area (Å²) in [7, 11) is 0. The minimum Gasteiger partial charge on any atom is -0.0885 e. The molecule has 0 atom stereocenters. The number of hydrogen-bond acceptors (Lipinski definition) is 0. The summed E-state index contributed by atoms with van der Waals surface area (Å²) in [5, 5.41) is 0. The van der Waals surface area contributed by atoms with Crippen molar-refractivity contribution in [2.24, 2.45) is 0 Å². The minimum absolute atomic E-state index is 1.17. The molecule has 1 aliphatic rings. The van der Waals surface area contributed by atoms with E-state index < -0.39 is 0 Å². The summed E-state index contributed by atoms with van der Waals surface area (Å²) in [4.78, 5) is 0. The second kappa shape index (κ2) is 9.05. The molecule has 0 aromatic carbocycles. The number of rotatable bonds is 0. The predicted molar refractivity (Wildman–Crippen MR) is 63.1 cm³/mol. The molecule has 0 aliphatic heterocycles. The Hall–Kier alpha value is -0.520. The zero-order valence-electron chi connectivity index (χ0n) is 9.30. The van der Waals surface area contributed by atoms with Crippen LogP contribution in [-0.2, 0) is 0 Å². The molecule has 0 unspecified atom stereocenters. The molecule has 0 heterocycles. The Morgan fingerprint density at radius 3 is 2.29 bits per heavy atom. The Morgan fingerprint density at radius 2 is 1.36 bits per heavy atom. The maximum Gasteiger partial charge on any atom is -0.0279 e. The van der Waals surface area contributed by atoms with Crippen LogP contribution in [0.1, 0.15) is 64.2 Å². The molecule has 0 aromatic heterocycles. The van der Waals surface area contributed by atoms with Gasteiger partial charge in [0.05, 0.1) is 0 Å². The van der Waals surface area contributed by atoms with Gasteiger partial charge in [-0.15, -0.1) is 0 Å². The van der Waals surface area contributed by atoms with Gasteiger partial charge in [-0.3, -0.25) is 0 Å². The highest BCUT2D eigenvalue weighted by molar-refractivity contribution is 4.85. The Bertz CT molecular complexity index is 145. The molecule has 0 saturated heterocycles. The summed E-state index contributed by atoms with van der Waals surface area (Å²) in [6.45, 7) is 0. The normalized spacial score (nSPS) is 26.3. The van der Waals surface area contributed by atoms with Gasteiger partial charge >= 0.3 is 0 Å². The molecule has 0 aromatic rings. The van der Waals surface area contributed by atoms with Gasteiger partial charge in [-0.25, -0.2) is 0 Å². The van der Waals surface area contributed by atoms with Crippen molar-refractivity contribution in [3.63, 3.8) is 0 Å². The van der Waals surface area contributed by atoms with Crippen LogP contribution in [0.2, 0.25) is 0 Å². The molecule has 0 heteroatoms. The van der Waals surface area contributed by atoms with E-state index in [1.807, 2.05) is 0 Å². The third kappa shape index (κ3) is 6.94. The van der Waals surface area contributed by atoms with Crippen molar-refractivity contribution in [3.05, 3.63) is 24.3 Å². The molecule has 0 saturated carbocycles. The van der Waals surface area contributed by atoms with Gasteiger partial charge in [0.25, 0.3) is 0 Å². The third-order valence-electron chi connectivity index (χ3n) is 2.73. The minimum atomic E-state index is 1.17. The average molecular weight is 191 g/mol.